The second-order valence-electron chi connectivity index (χ2n) is 2.48. The highest BCUT2D eigenvalue weighted by molar-refractivity contribution is 6.78. The van der Waals surface area contributed by atoms with Crippen LogP contribution in [-0.4, -0.2) is 29.9 Å². The Labute approximate surface area is 64.4 Å². The van der Waals surface area contributed by atoms with Gasteiger partial charge < -0.3 is 9.22 Å². The van der Waals surface area contributed by atoms with Gasteiger partial charge in [0, 0.05) is 6.08 Å². The van der Waals surface area contributed by atoms with Crippen molar-refractivity contribution in [2.45, 2.75) is 13.1 Å². The zero-order chi connectivity index (χ0) is 8.20. The van der Waals surface area contributed by atoms with E-state index in [1.54, 1.807) is 5.70 Å². The van der Waals surface area contributed by atoms with Crippen molar-refractivity contribution in [3.05, 3.63) is 11.8 Å². The first-order chi connectivity index (χ1) is 4.48. The van der Waals surface area contributed by atoms with Crippen LogP contribution in [-0.2, 0) is 8.91 Å². The second-order valence-corrected chi connectivity index (χ2v) is 7.65. The molecule has 0 bridgehead atoms. The van der Waals surface area contributed by atoms with Crippen LogP contribution < -0.4 is 0 Å². The summed E-state index contributed by atoms with van der Waals surface area (Å²) in [4.78, 5) is 10.1. The van der Waals surface area contributed by atoms with Gasteiger partial charge in [0.15, 0.2) is 8.32 Å². The fourth-order valence-electron chi connectivity index (χ4n) is 0.340. The van der Waals surface area contributed by atoms with Gasteiger partial charge in [-0.2, -0.15) is 0 Å². The van der Waals surface area contributed by atoms with Crippen molar-refractivity contribution >= 4 is 24.8 Å². The van der Waals surface area contributed by atoms with Crippen LogP contribution in [0.4, 0.5) is 0 Å². The molecule has 0 saturated carbocycles. The molecule has 0 saturated heterocycles. The number of aliphatic carboxylic acids is 1. The molecule has 0 amide bonds. The Balaban J connectivity index is 3.99. The molecular formula is C5H12O3Si2. The van der Waals surface area contributed by atoms with Crippen LogP contribution in [0.2, 0.25) is 13.1 Å². The molecule has 5 heteroatoms. The minimum absolute atomic E-state index is 0.675. The van der Waals surface area contributed by atoms with Gasteiger partial charge in [0.2, 0.25) is 0 Å². The summed E-state index contributed by atoms with van der Waals surface area (Å²) in [7, 11) is -1.06. The summed E-state index contributed by atoms with van der Waals surface area (Å²) in [5.41, 5.74) is 1.67. The first kappa shape index (κ1) is 9.60. The molecule has 0 aromatic carbocycles. The SMILES string of the molecule is C[Si](C)(C=CC(=O)O)O[SiH3]. The third-order valence-corrected chi connectivity index (χ3v) is 6.33. The Morgan fingerprint density at radius 3 is 2.50 bits per heavy atom. The van der Waals surface area contributed by atoms with Gasteiger partial charge in [0.05, 0.1) is 0 Å². The van der Waals surface area contributed by atoms with Crippen LogP contribution in [0.25, 0.3) is 0 Å². The van der Waals surface area contributed by atoms with E-state index in [1.165, 1.54) is 0 Å². The third kappa shape index (κ3) is 4.48. The Bertz CT molecular complexity index is 153. The summed E-state index contributed by atoms with van der Waals surface area (Å²) >= 11 is 0. The molecule has 10 heavy (non-hydrogen) atoms. The van der Waals surface area contributed by atoms with E-state index in [0.29, 0.717) is 10.5 Å². The molecular weight excluding hydrogens is 164 g/mol. The molecule has 0 atom stereocenters. The zero-order valence-electron chi connectivity index (χ0n) is 6.42. The fraction of sp³-hybridized carbons (Fsp3) is 0.400. The summed E-state index contributed by atoms with van der Waals surface area (Å²) in [6.45, 7) is 3.92. The summed E-state index contributed by atoms with van der Waals surface area (Å²) in [6.07, 6.45) is 1.16. The molecule has 0 aliphatic carbocycles. The predicted molar refractivity (Wildman–Crippen MR) is 45.3 cm³/mol. The van der Waals surface area contributed by atoms with E-state index >= 15 is 0 Å². The van der Waals surface area contributed by atoms with Crippen molar-refractivity contribution in [1.82, 2.24) is 0 Å². The lowest BCUT2D eigenvalue weighted by molar-refractivity contribution is -0.131. The smallest absolute Gasteiger partial charge is 0.327 e. The van der Waals surface area contributed by atoms with E-state index in [9.17, 15) is 4.79 Å². The highest BCUT2D eigenvalue weighted by atomic mass is 28.4. The van der Waals surface area contributed by atoms with E-state index in [-0.39, 0.29) is 0 Å². The quantitative estimate of drug-likeness (QED) is 0.473. The van der Waals surface area contributed by atoms with Crippen molar-refractivity contribution in [1.29, 1.82) is 0 Å². The lowest BCUT2D eigenvalue weighted by atomic mass is 10.7. The number of rotatable bonds is 3. The Kier molecular flexibility index (Phi) is 3.55. The average Bonchev–Trinajstić information content (AvgIpc) is 1.85. The van der Waals surface area contributed by atoms with Gasteiger partial charge in [-0.1, -0.05) is 5.70 Å². The minimum atomic E-state index is -1.74. The number of carbonyl (C=O) groups is 1. The van der Waals surface area contributed by atoms with E-state index < -0.39 is 14.3 Å². The molecule has 0 spiro atoms. The lowest BCUT2D eigenvalue weighted by Gasteiger charge is -2.14. The van der Waals surface area contributed by atoms with Crippen molar-refractivity contribution < 1.29 is 14.0 Å². The predicted octanol–water partition coefficient (Wildman–Crippen LogP) is -0.332. The monoisotopic (exact) mass is 176 g/mol. The van der Waals surface area contributed by atoms with E-state index in [4.69, 9.17) is 9.22 Å². The molecule has 0 aromatic heterocycles. The molecule has 3 nitrogen and oxygen atoms in total. The topological polar surface area (TPSA) is 46.5 Å². The number of hydrogen-bond donors (Lipinski definition) is 1. The highest BCUT2D eigenvalue weighted by Gasteiger charge is 2.14. The molecule has 0 aliphatic rings. The van der Waals surface area contributed by atoms with Crippen LogP contribution in [0.1, 0.15) is 0 Å². The summed E-state index contributed by atoms with van der Waals surface area (Å²) in [5, 5.41) is 8.26. The maximum atomic E-state index is 10.1. The Morgan fingerprint density at radius 1 is 1.70 bits per heavy atom. The highest BCUT2D eigenvalue weighted by Crippen LogP contribution is 2.02. The first-order valence-electron chi connectivity index (χ1n) is 2.95. The van der Waals surface area contributed by atoms with E-state index in [2.05, 4.69) is 0 Å². The van der Waals surface area contributed by atoms with Crippen molar-refractivity contribution in [2.24, 2.45) is 0 Å². The zero-order valence-corrected chi connectivity index (χ0v) is 9.42. The number of carboxylic acid groups (broad SMARTS) is 1. The molecule has 58 valence electrons. The molecule has 0 heterocycles. The van der Waals surface area contributed by atoms with E-state index in [0.717, 1.165) is 6.08 Å². The maximum Gasteiger partial charge on any atom is 0.327 e. The standard InChI is InChI=1S/C5H12O3Si2/c1-10(2,8-9)4-3-5(6)7/h3-4H,1-2,9H3,(H,6,7). The van der Waals surface area contributed by atoms with Crippen LogP contribution >= 0.6 is 0 Å². The van der Waals surface area contributed by atoms with Crippen LogP contribution in [0.5, 0.6) is 0 Å². The minimum Gasteiger partial charge on any atom is -0.478 e. The summed E-state index contributed by atoms with van der Waals surface area (Å²) in [5.74, 6) is -0.903. The second kappa shape index (κ2) is 3.69. The van der Waals surface area contributed by atoms with Gasteiger partial charge in [-0.05, 0) is 13.1 Å². The summed E-state index contributed by atoms with van der Waals surface area (Å²) < 4.78 is 5.22. The Morgan fingerprint density at radius 2 is 2.20 bits per heavy atom. The number of hydrogen-bond acceptors (Lipinski definition) is 2. The van der Waals surface area contributed by atoms with Crippen molar-refractivity contribution in [3.8, 4) is 0 Å². The largest absolute Gasteiger partial charge is 0.478 e. The lowest BCUT2D eigenvalue weighted by Crippen LogP contribution is -2.26. The van der Waals surface area contributed by atoms with Gasteiger partial charge in [-0.3, -0.25) is 0 Å². The number of carboxylic acids is 1. The Hall–Kier alpha value is -0.396. The molecule has 0 fully saturated rings. The van der Waals surface area contributed by atoms with Crippen LogP contribution in [0.15, 0.2) is 11.8 Å². The van der Waals surface area contributed by atoms with Gasteiger partial charge in [0.1, 0.15) is 10.5 Å². The van der Waals surface area contributed by atoms with Gasteiger partial charge in [-0.15, -0.1) is 0 Å². The van der Waals surface area contributed by atoms with Crippen molar-refractivity contribution in [3.63, 3.8) is 0 Å². The molecule has 0 aromatic rings. The van der Waals surface area contributed by atoms with Crippen molar-refractivity contribution in [2.75, 3.05) is 0 Å². The molecule has 0 aliphatic heterocycles. The molecule has 0 radical (unpaired) electrons. The average molecular weight is 176 g/mol. The molecule has 1 N–H and O–H groups in total. The van der Waals surface area contributed by atoms with Gasteiger partial charge in [-0.25, -0.2) is 4.79 Å². The van der Waals surface area contributed by atoms with Gasteiger partial charge in [0.25, 0.3) is 0 Å². The molecule has 0 rings (SSSR count). The maximum absolute atomic E-state index is 10.1. The normalized spacial score (nSPS) is 12.6. The van der Waals surface area contributed by atoms with Crippen LogP contribution in [0, 0.1) is 0 Å². The van der Waals surface area contributed by atoms with Gasteiger partial charge >= 0.3 is 5.97 Å². The summed E-state index contributed by atoms with van der Waals surface area (Å²) in [6, 6.07) is 0. The van der Waals surface area contributed by atoms with E-state index in [1.807, 2.05) is 13.1 Å². The first-order valence-corrected chi connectivity index (χ1v) is 6.75. The fourth-order valence-corrected chi connectivity index (χ4v) is 1.43. The van der Waals surface area contributed by atoms with Crippen LogP contribution in [0.3, 0.4) is 0 Å². The molecule has 0 unspecified atom stereocenters. The third-order valence-electron chi connectivity index (χ3n) is 1.15.